The van der Waals surface area contributed by atoms with Gasteiger partial charge in [-0.1, -0.05) is 12.1 Å². The lowest BCUT2D eigenvalue weighted by Gasteiger charge is -2.23. The zero-order valence-corrected chi connectivity index (χ0v) is 16.9. The number of aromatic nitrogens is 1. The van der Waals surface area contributed by atoms with Crippen molar-refractivity contribution >= 4 is 23.1 Å². The molecule has 1 saturated heterocycles. The molecule has 0 aliphatic carbocycles. The SMILES string of the molecule is Cc1cccc([N+](=O)[O-])c1NC(=O)CN1CCCN(c2ccc(C(F)(F)F)cn2)CC1. The lowest BCUT2D eigenvalue weighted by Crippen LogP contribution is -2.36. The first kappa shape index (κ1) is 22.5. The predicted octanol–water partition coefficient (Wildman–Crippen LogP) is 3.47. The molecule has 1 fully saturated rings. The lowest BCUT2D eigenvalue weighted by atomic mass is 10.1. The smallest absolute Gasteiger partial charge is 0.355 e. The van der Waals surface area contributed by atoms with Gasteiger partial charge in [-0.15, -0.1) is 0 Å². The first-order chi connectivity index (χ1) is 14.6. The normalized spacial score (nSPS) is 15.4. The van der Waals surface area contributed by atoms with Crippen LogP contribution in [0, 0.1) is 17.0 Å². The van der Waals surface area contributed by atoms with Crippen LogP contribution in [-0.2, 0) is 11.0 Å². The van der Waals surface area contributed by atoms with Crippen molar-refractivity contribution in [2.24, 2.45) is 0 Å². The zero-order valence-electron chi connectivity index (χ0n) is 16.9. The van der Waals surface area contributed by atoms with Crippen molar-refractivity contribution in [1.29, 1.82) is 0 Å². The standard InChI is InChI=1S/C20H22F3N5O3/c1-14-4-2-5-16(28(30)31)19(14)25-18(29)13-26-8-3-9-27(11-10-26)17-7-6-15(12-24-17)20(21,22)23/h2,4-7,12H,3,8-11,13H2,1H3,(H,25,29). The summed E-state index contributed by atoms with van der Waals surface area (Å²) in [6, 6.07) is 6.94. The van der Waals surface area contributed by atoms with Crippen LogP contribution in [-0.4, -0.2) is 53.4 Å². The number of benzene rings is 1. The van der Waals surface area contributed by atoms with Crippen LogP contribution in [0.2, 0.25) is 0 Å². The number of nitrogens with zero attached hydrogens (tertiary/aromatic N) is 4. The van der Waals surface area contributed by atoms with Gasteiger partial charge in [0.25, 0.3) is 5.69 Å². The highest BCUT2D eigenvalue weighted by atomic mass is 19.4. The first-order valence-electron chi connectivity index (χ1n) is 9.69. The summed E-state index contributed by atoms with van der Waals surface area (Å²) in [7, 11) is 0. The first-order valence-corrected chi connectivity index (χ1v) is 9.69. The van der Waals surface area contributed by atoms with Crippen molar-refractivity contribution in [2.75, 3.05) is 42.9 Å². The van der Waals surface area contributed by atoms with E-state index in [2.05, 4.69) is 10.3 Å². The summed E-state index contributed by atoms with van der Waals surface area (Å²) in [5, 5.41) is 13.8. The van der Waals surface area contributed by atoms with Crippen LogP contribution in [0.3, 0.4) is 0 Å². The number of nitro benzene ring substituents is 1. The fourth-order valence-electron chi connectivity index (χ4n) is 3.45. The zero-order chi connectivity index (χ0) is 22.6. The summed E-state index contributed by atoms with van der Waals surface area (Å²) >= 11 is 0. The molecule has 0 unspecified atom stereocenters. The molecule has 31 heavy (non-hydrogen) atoms. The second-order valence-corrected chi connectivity index (χ2v) is 7.29. The molecule has 1 N–H and O–H groups in total. The van der Waals surface area contributed by atoms with Crippen LogP contribution in [0.15, 0.2) is 36.5 Å². The second kappa shape index (κ2) is 9.29. The summed E-state index contributed by atoms with van der Waals surface area (Å²) in [5.74, 6) is 0.0911. The Labute approximate surface area is 176 Å². The summed E-state index contributed by atoms with van der Waals surface area (Å²) < 4.78 is 38.1. The summed E-state index contributed by atoms with van der Waals surface area (Å²) in [4.78, 5) is 30.9. The van der Waals surface area contributed by atoms with Crippen LogP contribution in [0.5, 0.6) is 0 Å². The predicted molar refractivity (Wildman–Crippen MR) is 109 cm³/mol. The van der Waals surface area contributed by atoms with Crippen LogP contribution < -0.4 is 10.2 Å². The molecule has 2 heterocycles. The Bertz CT molecular complexity index is 950. The van der Waals surface area contributed by atoms with E-state index in [4.69, 9.17) is 0 Å². The van der Waals surface area contributed by atoms with Gasteiger partial charge in [-0.25, -0.2) is 4.98 Å². The van der Waals surface area contributed by atoms with E-state index in [1.54, 1.807) is 19.1 Å². The highest BCUT2D eigenvalue weighted by Crippen LogP contribution is 2.30. The Kier molecular flexibility index (Phi) is 6.74. The van der Waals surface area contributed by atoms with E-state index >= 15 is 0 Å². The number of para-hydroxylation sites is 1. The Hall–Kier alpha value is -3.21. The molecule has 8 nitrogen and oxygen atoms in total. The second-order valence-electron chi connectivity index (χ2n) is 7.29. The van der Waals surface area contributed by atoms with E-state index in [9.17, 15) is 28.1 Å². The Morgan fingerprint density at radius 3 is 2.61 bits per heavy atom. The number of hydrogen-bond acceptors (Lipinski definition) is 6. The quantitative estimate of drug-likeness (QED) is 0.569. The molecule has 1 aliphatic heterocycles. The fraction of sp³-hybridized carbons (Fsp3) is 0.400. The third-order valence-corrected chi connectivity index (χ3v) is 5.07. The number of alkyl halides is 3. The number of hydrogen-bond donors (Lipinski definition) is 1. The third kappa shape index (κ3) is 5.69. The highest BCUT2D eigenvalue weighted by Gasteiger charge is 2.31. The van der Waals surface area contributed by atoms with Gasteiger partial charge in [0, 0.05) is 38.4 Å². The van der Waals surface area contributed by atoms with Gasteiger partial charge >= 0.3 is 6.18 Å². The molecule has 11 heteroatoms. The van der Waals surface area contributed by atoms with Crippen molar-refractivity contribution < 1.29 is 22.9 Å². The Balaban J connectivity index is 1.59. The van der Waals surface area contributed by atoms with Gasteiger partial charge in [0.05, 0.1) is 17.0 Å². The topological polar surface area (TPSA) is 91.6 Å². The van der Waals surface area contributed by atoms with Crippen molar-refractivity contribution in [3.63, 3.8) is 0 Å². The number of halogens is 3. The molecule has 1 aromatic carbocycles. The molecule has 0 radical (unpaired) electrons. The monoisotopic (exact) mass is 437 g/mol. The van der Waals surface area contributed by atoms with Crippen LogP contribution in [0.1, 0.15) is 17.5 Å². The number of rotatable bonds is 5. The third-order valence-electron chi connectivity index (χ3n) is 5.07. The average molecular weight is 437 g/mol. The van der Waals surface area contributed by atoms with Crippen LogP contribution in [0.4, 0.5) is 30.4 Å². The molecule has 0 bridgehead atoms. The highest BCUT2D eigenvalue weighted by molar-refractivity contribution is 5.95. The number of carbonyl (C=O) groups is 1. The van der Waals surface area contributed by atoms with Crippen molar-refractivity contribution in [1.82, 2.24) is 9.88 Å². The van der Waals surface area contributed by atoms with Gasteiger partial charge < -0.3 is 10.2 Å². The molecule has 0 atom stereocenters. The number of carbonyl (C=O) groups excluding carboxylic acids is 1. The molecule has 166 valence electrons. The van der Waals surface area contributed by atoms with Crippen LogP contribution >= 0.6 is 0 Å². The summed E-state index contributed by atoms with van der Waals surface area (Å²) in [5.41, 5.74) is -0.181. The molecule has 1 aromatic heterocycles. The maximum Gasteiger partial charge on any atom is 0.417 e. The van der Waals surface area contributed by atoms with E-state index in [0.29, 0.717) is 44.0 Å². The summed E-state index contributed by atoms with van der Waals surface area (Å²) in [6.07, 6.45) is -2.91. The van der Waals surface area contributed by atoms with Gasteiger partial charge in [-0.3, -0.25) is 19.8 Å². The summed E-state index contributed by atoms with van der Waals surface area (Å²) in [6.45, 7) is 3.95. The Morgan fingerprint density at radius 1 is 1.19 bits per heavy atom. The molecular weight excluding hydrogens is 415 g/mol. The molecular formula is C20H22F3N5O3. The molecule has 1 aliphatic rings. The van der Waals surface area contributed by atoms with Crippen molar-refractivity contribution in [2.45, 2.75) is 19.5 Å². The van der Waals surface area contributed by atoms with E-state index < -0.39 is 16.7 Å². The van der Waals surface area contributed by atoms with Gasteiger partial charge in [0.1, 0.15) is 11.5 Å². The number of anilines is 2. The molecule has 0 spiro atoms. The minimum atomic E-state index is -4.43. The Morgan fingerprint density at radius 2 is 1.97 bits per heavy atom. The van der Waals surface area contributed by atoms with Crippen LogP contribution in [0.25, 0.3) is 0 Å². The molecule has 2 aromatic rings. The van der Waals surface area contributed by atoms with Gasteiger partial charge in [0.15, 0.2) is 0 Å². The van der Waals surface area contributed by atoms with E-state index in [1.807, 2.05) is 9.80 Å². The van der Waals surface area contributed by atoms with E-state index in [0.717, 1.165) is 12.3 Å². The lowest BCUT2D eigenvalue weighted by molar-refractivity contribution is -0.384. The molecule has 3 rings (SSSR count). The van der Waals surface area contributed by atoms with E-state index in [1.165, 1.54) is 12.1 Å². The maximum atomic E-state index is 12.7. The number of pyridine rings is 1. The largest absolute Gasteiger partial charge is 0.417 e. The van der Waals surface area contributed by atoms with Crippen molar-refractivity contribution in [3.8, 4) is 0 Å². The maximum absolute atomic E-state index is 12.7. The van der Waals surface area contributed by atoms with Crippen molar-refractivity contribution in [3.05, 3.63) is 57.8 Å². The van der Waals surface area contributed by atoms with Gasteiger partial charge in [-0.05, 0) is 31.0 Å². The minimum absolute atomic E-state index is 0.0553. The number of amides is 1. The van der Waals surface area contributed by atoms with Gasteiger partial charge in [-0.2, -0.15) is 13.2 Å². The van der Waals surface area contributed by atoms with Gasteiger partial charge in [0.2, 0.25) is 5.91 Å². The minimum Gasteiger partial charge on any atom is -0.355 e. The number of nitro groups is 1. The number of aryl methyl sites for hydroxylation is 1. The number of nitrogens with one attached hydrogen (secondary N) is 1. The average Bonchev–Trinajstić information content (AvgIpc) is 2.94. The van der Waals surface area contributed by atoms with E-state index in [-0.39, 0.29) is 23.8 Å². The molecule has 1 amide bonds. The fourth-order valence-corrected chi connectivity index (χ4v) is 3.45. The molecule has 0 saturated carbocycles.